The maximum atomic E-state index is 12.9. The van der Waals surface area contributed by atoms with Gasteiger partial charge in [-0.05, 0) is 18.3 Å². The molecule has 2 aromatic rings. The maximum absolute atomic E-state index is 12.9. The van der Waals surface area contributed by atoms with E-state index in [0.717, 1.165) is 18.3 Å². The number of anilines is 1. The third-order valence-electron chi connectivity index (χ3n) is 3.24. The van der Waals surface area contributed by atoms with Crippen molar-refractivity contribution in [1.82, 2.24) is 19.9 Å². The Morgan fingerprint density at radius 1 is 1.78 bits per heavy atom. The normalized spacial score (nSPS) is 39.8. The number of aromatic nitrogens is 3. The average Bonchev–Trinajstić information content (AvgIpc) is 3.20. The van der Waals surface area contributed by atoms with E-state index in [4.69, 9.17) is 23.0 Å². The largest absolute Gasteiger partial charge is 0.354 e. The molecule has 7 heteroatoms. The Hall–Kier alpha value is -2.62. The predicted molar refractivity (Wildman–Crippen MR) is 87.9 cm³/mol. The monoisotopic (exact) mass is 324 g/mol. The van der Waals surface area contributed by atoms with Crippen molar-refractivity contribution in [3.63, 3.8) is 0 Å². The molecule has 7 nitrogen and oxygen atoms in total. The number of likely N-dealkylation sites (N-methyl/N-ethyl adjacent to an activating group) is 1. The van der Waals surface area contributed by atoms with Crippen molar-refractivity contribution in [3.8, 4) is 0 Å². The molecule has 3 heterocycles. The number of hydrogen-bond acceptors (Lipinski definition) is 4. The predicted octanol–water partition coefficient (Wildman–Crippen LogP) is 1.55. The van der Waals surface area contributed by atoms with E-state index in [-0.39, 0.29) is 16.9 Å². The summed E-state index contributed by atoms with van der Waals surface area (Å²) >= 11 is 0. The number of carbonyl (C=O) groups is 1. The molecule has 0 aliphatic carbocycles. The number of amides is 1. The van der Waals surface area contributed by atoms with E-state index in [1.165, 1.54) is 12.3 Å². The fourth-order valence-corrected chi connectivity index (χ4v) is 2.15. The first-order valence-corrected chi connectivity index (χ1v) is 6.45. The van der Waals surface area contributed by atoms with Crippen LogP contribution in [0.2, 0.25) is 0 Å². The van der Waals surface area contributed by atoms with Crippen LogP contribution in [0.15, 0.2) is 18.6 Å². The van der Waals surface area contributed by atoms with Crippen LogP contribution in [0.1, 0.15) is 29.7 Å². The third kappa shape index (κ3) is 2.84. The fraction of sp³-hybridized carbons (Fsp3) is 0.500. The van der Waals surface area contributed by atoms with Crippen LogP contribution in [0.3, 0.4) is 0 Å². The van der Waals surface area contributed by atoms with Crippen molar-refractivity contribution in [2.24, 2.45) is 5.89 Å². The lowest BCUT2D eigenvalue weighted by Gasteiger charge is -2.41. The summed E-state index contributed by atoms with van der Waals surface area (Å²) in [5, 5.41) is 0.224. The summed E-state index contributed by atoms with van der Waals surface area (Å²) in [6.07, 6.45) is -1.33. The Morgan fingerprint density at radius 2 is 2.65 bits per heavy atom. The highest BCUT2D eigenvalue weighted by Gasteiger charge is 2.33. The topological polar surface area (TPSA) is 69.5 Å². The summed E-state index contributed by atoms with van der Waals surface area (Å²) in [5.74, 6) is -5.80. The number of aromatic amines is 1. The van der Waals surface area contributed by atoms with Crippen molar-refractivity contribution in [3.05, 3.63) is 30.0 Å². The molecule has 0 aromatic carbocycles. The third-order valence-corrected chi connectivity index (χ3v) is 3.24. The second-order valence-electron chi connectivity index (χ2n) is 4.59. The zero-order valence-electron chi connectivity index (χ0n) is 24.0. The Bertz CT molecular complexity index is 1200. The summed E-state index contributed by atoms with van der Waals surface area (Å²) in [5.41, 5.74) is 0.235. The first kappa shape index (κ1) is 6.48. The van der Waals surface area contributed by atoms with Gasteiger partial charge in [0, 0.05) is 37.2 Å². The molecule has 1 aliphatic heterocycles. The molecular formula is C16H20N6O. The SMILES string of the molecule is [2H]C([2H])([N+]#[C-])C(=O)N1C([2H])([2H])[C@H](N(C)c2ncnc3[nH]ccc23)[C@]([2H])(C([2H])([2H])[2H])C([2H])([2H])C1([2H])[2H]. The van der Waals surface area contributed by atoms with Gasteiger partial charge in [0.1, 0.15) is 20.5 Å². The summed E-state index contributed by atoms with van der Waals surface area (Å²) < 4.78 is 98.7. The molecule has 1 fully saturated rings. The van der Waals surface area contributed by atoms with Gasteiger partial charge in [0.25, 0.3) is 6.50 Å². The highest BCUT2D eigenvalue weighted by molar-refractivity contribution is 5.87. The van der Waals surface area contributed by atoms with Crippen LogP contribution in [0.5, 0.6) is 0 Å². The van der Waals surface area contributed by atoms with Crippen LogP contribution in [0, 0.1) is 12.5 Å². The quantitative estimate of drug-likeness (QED) is 0.870. The lowest BCUT2D eigenvalue weighted by molar-refractivity contribution is -0.130. The number of hydrogen-bond donors (Lipinski definition) is 1. The van der Waals surface area contributed by atoms with Crippen molar-refractivity contribution in [2.45, 2.75) is 19.3 Å². The van der Waals surface area contributed by atoms with Crippen LogP contribution in [0.25, 0.3) is 15.9 Å². The number of piperidine rings is 1. The number of rotatable bonds is 3. The molecule has 0 spiro atoms. The summed E-state index contributed by atoms with van der Waals surface area (Å²) in [7, 11) is 1.09. The molecule has 23 heavy (non-hydrogen) atoms. The molecular weight excluding hydrogens is 292 g/mol. The minimum Gasteiger partial charge on any atom is -0.354 e. The highest BCUT2D eigenvalue weighted by Crippen LogP contribution is 2.28. The number of carbonyl (C=O) groups excluding carboxylic acids is 1. The maximum Gasteiger partial charge on any atom is 0.302 e. The Balaban J connectivity index is 2.41. The van der Waals surface area contributed by atoms with E-state index in [9.17, 15) is 4.79 Å². The number of likely N-dealkylation sites (tertiary alicyclic amines) is 1. The second-order valence-corrected chi connectivity index (χ2v) is 4.59. The van der Waals surface area contributed by atoms with Crippen LogP contribution in [-0.4, -0.2) is 58.3 Å². The molecule has 2 atom stereocenters. The smallest absolute Gasteiger partial charge is 0.302 e. The Morgan fingerprint density at radius 3 is 3.43 bits per heavy atom. The van der Waals surface area contributed by atoms with E-state index in [2.05, 4.69) is 19.8 Å². The van der Waals surface area contributed by atoms with Gasteiger partial charge in [0.05, 0.1) is 14.2 Å². The van der Waals surface area contributed by atoms with Crippen molar-refractivity contribution >= 4 is 22.8 Å². The lowest BCUT2D eigenvalue weighted by atomic mass is 9.92. The summed E-state index contributed by atoms with van der Waals surface area (Å²) in [4.78, 5) is 26.5. The van der Waals surface area contributed by atoms with Gasteiger partial charge in [-0.15, -0.1) is 0 Å². The van der Waals surface area contributed by atoms with Crippen LogP contribution >= 0.6 is 0 Å². The van der Waals surface area contributed by atoms with E-state index >= 15 is 0 Å². The standard InChI is InChI=1S/C16H20N6O/c1-11-5-7-22(14(23)8-17-2)9-13(11)21(3)16-12-4-6-18-15(12)19-10-20-16/h4,6,10-11,13H,5,7-9H2,1,3H3,(H,18,19,20)/t11-,13+/m1/s1/i1D3,5D2,7D2,8D2,9D2,11D. The fourth-order valence-electron chi connectivity index (χ4n) is 2.15. The molecule has 1 saturated heterocycles. The number of fused-ring (bicyclic) bond motifs is 1. The van der Waals surface area contributed by atoms with Gasteiger partial charge >= 0.3 is 5.91 Å². The van der Waals surface area contributed by atoms with Crippen molar-refractivity contribution in [1.29, 1.82) is 0 Å². The van der Waals surface area contributed by atoms with Gasteiger partial charge < -0.3 is 19.6 Å². The molecule has 120 valence electrons. The van der Waals surface area contributed by atoms with E-state index in [1.54, 1.807) is 0 Å². The molecule has 0 bridgehead atoms. The van der Waals surface area contributed by atoms with Gasteiger partial charge in [-0.1, -0.05) is 6.85 Å². The highest BCUT2D eigenvalue weighted by atomic mass is 16.2. The molecule has 1 amide bonds. The van der Waals surface area contributed by atoms with Gasteiger partial charge in [-0.2, -0.15) is 0 Å². The lowest BCUT2D eigenvalue weighted by Crippen LogP contribution is -2.53. The van der Waals surface area contributed by atoms with Gasteiger partial charge in [-0.3, -0.25) is 4.79 Å². The van der Waals surface area contributed by atoms with Crippen molar-refractivity contribution in [2.75, 3.05) is 31.4 Å². The molecule has 1 aliphatic rings. The molecule has 1 N–H and O–H groups in total. The summed E-state index contributed by atoms with van der Waals surface area (Å²) in [6, 6.07) is -1.02. The van der Waals surface area contributed by atoms with Gasteiger partial charge in [0.2, 0.25) is 0 Å². The van der Waals surface area contributed by atoms with Crippen LogP contribution in [-0.2, 0) is 4.79 Å². The Labute approximate surface area is 152 Å². The molecule has 0 saturated carbocycles. The first-order chi connectivity index (χ1) is 15.7. The summed E-state index contributed by atoms with van der Waals surface area (Å²) in [6.45, 7) is -7.64. The second kappa shape index (κ2) is 6.24. The van der Waals surface area contributed by atoms with Crippen molar-refractivity contribution < 1.29 is 21.2 Å². The molecule has 0 unspecified atom stereocenters. The van der Waals surface area contributed by atoms with E-state index in [0.29, 0.717) is 0 Å². The van der Waals surface area contributed by atoms with E-state index < -0.39 is 55.5 Å². The van der Waals surface area contributed by atoms with Gasteiger partial charge in [0.15, 0.2) is 0 Å². The van der Waals surface area contributed by atoms with E-state index in [1.807, 2.05) is 0 Å². The molecule has 0 radical (unpaired) electrons. The van der Waals surface area contributed by atoms with Gasteiger partial charge in [-0.25, -0.2) is 16.5 Å². The van der Waals surface area contributed by atoms with Crippen LogP contribution in [0.4, 0.5) is 5.82 Å². The number of nitrogens with zero attached hydrogens (tertiary/aromatic N) is 5. The minimum absolute atomic E-state index is 0.162. The zero-order chi connectivity index (χ0) is 27.0. The number of H-pyrrole nitrogens is 1. The first-order valence-electron chi connectivity index (χ1n) is 12.5. The molecule has 2 aromatic heterocycles. The van der Waals surface area contributed by atoms with Crippen LogP contribution < -0.4 is 4.90 Å². The molecule has 3 rings (SSSR count). The zero-order valence-corrected chi connectivity index (χ0v) is 12.0. The minimum atomic E-state index is -3.87. The average molecular weight is 324 g/mol. The number of nitrogens with one attached hydrogen (secondary N) is 1. The Kier molecular flexibility index (Phi) is 1.76.